The van der Waals surface area contributed by atoms with Crippen molar-refractivity contribution in [2.75, 3.05) is 0 Å². The minimum Gasteiger partial charge on any atom is -0.205 e. The van der Waals surface area contributed by atoms with Crippen molar-refractivity contribution in [3.63, 3.8) is 0 Å². The molecule has 1 nitrogen and oxygen atoms in total. The zero-order valence-corrected chi connectivity index (χ0v) is 14.2. The van der Waals surface area contributed by atoms with Gasteiger partial charge in [-0.05, 0) is 54.5 Å². The third-order valence-corrected chi connectivity index (χ3v) is 4.90. The number of rotatable bonds is 1. The van der Waals surface area contributed by atoms with Gasteiger partial charge >= 0.3 is 0 Å². The predicted molar refractivity (Wildman–Crippen MR) is 93.9 cm³/mol. The molecule has 0 bridgehead atoms. The quantitative estimate of drug-likeness (QED) is 0.629. The van der Waals surface area contributed by atoms with Crippen LogP contribution in [0.3, 0.4) is 0 Å². The standard InChI is InChI=1S/C22H19F2N/c1-15-2-8-18(9-3-15)19-10-6-16(7-11-19)4-5-17-12-21(23)20(14-25)22(24)13-17/h6-7,10-13,15,18H,2-3,8-9H2,1H3. The monoisotopic (exact) mass is 335 g/mol. The summed E-state index contributed by atoms with van der Waals surface area (Å²) in [5, 5.41) is 8.68. The first-order valence-corrected chi connectivity index (χ1v) is 8.58. The van der Waals surface area contributed by atoms with Gasteiger partial charge in [-0.3, -0.25) is 0 Å². The van der Waals surface area contributed by atoms with Crippen LogP contribution in [0.15, 0.2) is 36.4 Å². The van der Waals surface area contributed by atoms with Crippen molar-refractivity contribution >= 4 is 0 Å². The Kier molecular flexibility index (Phi) is 5.15. The van der Waals surface area contributed by atoms with Gasteiger partial charge in [0.1, 0.15) is 23.3 Å². The molecular formula is C22H19F2N. The van der Waals surface area contributed by atoms with Crippen LogP contribution in [0.5, 0.6) is 0 Å². The summed E-state index contributed by atoms with van der Waals surface area (Å²) >= 11 is 0. The Hall–Kier alpha value is -2.65. The second-order valence-corrected chi connectivity index (χ2v) is 6.76. The second-order valence-electron chi connectivity index (χ2n) is 6.76. The van der Waals surface area contributed by atoms with Gasteiger partial charge in [0.25, 0.3) is 0 Å². The lowest BCUT2D eigenvalue weighted by Crippen LogP contribution is -2.10. The van der Waals surface area contributed by atoms with Crippen molar-refractivity contribution in [1.29, 1.82) is 5.26 Å². The van der Waals surface area contributed by atoms with Crippen LogP contribution in [-0.4, -0.2) is 0 Å². The summed E-state index contributed by atoms with van der Waals surface area (Å²) in [6.07, 6.45) is 5.02. The van der Waals surface area contributed by atoms with Gasteiger partial charge in [-0.25, -0.2) is 8.78 Å². The van der Waals surface area contributed by atoms with E-state index in [-0.39, 0.29) is 5.56 Å². The summed E-state index contributed by atoms with van der Waals surface area (Å²) in [6, 6.07) is 11.8. The van der Waals surface area contributed by atoms with Gasteiger partial charge in [-0.15, -0.1) is 0 Å². The third kappa shape index (κ3) is 4.06. The average molecular weight is 335 g/mol. The van der Waals surface area contributed by atoms with Crippen LogP contribution in [0, 0.1) is 40.7 Å². The lowest BCUT2D eigenvalue weighted by atomic mass is 9.79. The summed E-state index contributed by atoms with van der Waals surface area (Å²) < 4.78 is 27.2. The van der Waals surface area contributed by atoms with E-state index in [4.69, 9.17) is 5.26 Å². The Morgan fingerprint density at radius 3 is 2.00 bits per heavy atom. The van der Waals surface area contributed by atoms with E-state index in [0.717, 1.165) is 23.6 Å². The molecule has 126 valence electrons. The second kappa shape index (κ2) is 7.49. The van der Waals surface area contributed by atoms with E-state index in [2.05, 4.69) is 30.9 Å². The largest absolute Gasteiger partial charge is 0.205 e. The molecule has 2 aromatic rings. The normalized spacial score (nSPS) is 19.6. The van der Waals surface area contributed by atoms with Gasteiger partial charge < -0.3 is 0 Å². The Morgan fingerprint density at radius 1 is 0.880 bits per heavy atom. The molecule has 0 amide bonds. The summed E-state index contributed by atoms with van der Waals surface area (Å²) in [4.78, 5) is 0. The van der Waals surface area contributed by atoms with Crippen molar-refractivity contribution in [1.82, 2.24) is 0 Å². The maximum Gasteiger partial charge on any atom is 0.145 e. The third-order valence-electron chi connectivity index (χ3n) is 4.90. The molecule has 1 fully saturated rings. The van der Waals surface area contributed by atoms with E-state index < -0.39 is 17.2 Å². The lowest BCUT2D eigenvalue weighted by molar-refractivity contribution is 0.348. The fourth-order valence-corrected chi connectivity index (χ4v) is 3.33. The molecule has 0 heterocycles. The first kappa shape index (κ1) is 17.2. The molecule has 0 N–H and O–H groups in total. The van der Waals surface area contributed by atoms with Gasteiger partial charge in [-0.2, -0.15) is 5.26 Å². The molecule has 2 aromatic carbocycles. The molecule has 1 saturated carbocycles. The van der Waals surface area contributed by atoms with E-state index in [0.29, 0.717) is 5.92 Å². The number of hydrogen-bond donors (Lipinski definition) is 0. The van der Waals surface area contributed by atoms with E-state index in [1.807, 2.05) is 12.1 Å². The van der Waals surface area contributed by atoms with Gasteiger partial charge in [0.05, 0.1) is 0 Å². The van der Waals surface area contributed by atoms with Crippen LogP contribution in [0.4, 0.5) is 8.78 Å². The summed E-state index contributed by atoms with van der Waals surface area (Å²) in [5.74, 6) is 5.37. The minimum absolute atomic E-state index is 0.222. The maximum atomic E-state index is 13.6. The highest BCUT2D eigenvalue weighted by Crippen LogP contribution is 2.35. The lowest BCUT2D eigenvalue weighted by Gasteiger charge is -2.26. The van der Waals surface area contributed by atoms with Crippen LogP contribution in [0.1, 0.15) is 60.8 Å². The molecule has 0 atom stereocenters. The average Bonchev–Trinajstić information content (AvgIpc) is 2.61. The predicted octanol–water partition coefficient (Wildman–Crippen LogP) is 5.53. The molecule has 0 radical (unpaired) electrons. The van der Waals surface area contributed by atoms with Crippen LogP contribution < -0.4 is 0 Å². The molecular weight excluding hydrogens is 316 g/mol. The first-order chi connectivity index (χ1) is 12.1. The Balaban J connectivity index is 1.75. The number of hydrogen-bond acceptors (Lipinski definition) is 1. The van der Waals surface area contributed by atoms with Crippen LogP contribution in [-0.2, 0) is 0 Å². The Bertz CT molecular complexity index is 835. The zero-order valence-electron chi connectivity index (χ0n) is 14.2. The highest BCUT2D eigenvalue weighted by Gasteiger charge is 2.19. The fourth-order valence-electron chi connectivity index (χ4n) is 3.33. The van der Waals surface area contributed by atoms with Gasteiger partial charge in [-0.1, -0.05) is 43.7 Å². The number of nitrogens with zero attached hydrogens (tertiary/aromatic N) is 1. The number of halogens is 2. The van der Waals surface area contributed by atoms with E-state index >= 15 is 0 Å². The van der Waals surface area contributed by atoms with Gasteiger partial charge in [0, 0.05) is 11.1 Å². The molecule has 1 aliphatic carbocycles. The molecule has 0 saturated heterocycles. The highest BCUT2D eigenvalue weighted by atomic mass is 19.1. The molecule has 0 aromatic heterocycles. The molecule has 1 aliphatic rings. The van der Waals surface area contributed by atoms with Crippen molar-refractivity contribution in [2.24, 2.45) is 5.92 Å². The van der Waals surface area contributed by atoms with Crippen LogP contribution in [0.25, 0.3) is 0 Å². The minimum atomic E-state index is -0.881. The molecule has 0 aliphatic heterocycles. The zero-order chi connectivity index (χ0) is 17.8. The van der Waals surface area contributed by atoms with Gasteiger partial charge in [0.15, 0.2) is 0 Å². The van der Waals surface area contributed by atoms with E-state index in [1.165, 1.54) is 37.3 Å². The highest BCUT2D eigenvalue weighted by molar-refractivity contribution is 5.46. The molecule has 3 rings (SSSR count). The number of benzene rings is 2. The molecule has 25 heavy (non-hydrogen) atoms. The first-order valence-electron chi connectivity index (χ1n) is 8.58. The molecule has 3 heteroatoms. The summed E-state index contributed by atoms with van der Waals surface area (Å²) in [7, 11) is 0. The van der Waals surface area contributed by atoms with Crippen molar-refractivity contribution in [3.8, 4) is 17.9 Å². The van der Waals surface area contributed by atoms with Crippen molar-refractivity contribution in [3.05, 3.63) is 70.3 Å². The van der Waals surface area contributed by atoms with Crippen molar-refractivity contribution in [2.45, 2.75) is 38.5 Å². The molecule has 0 spiro atoms. The number of nitriles is 1. The van der Waals surface area contributed by atoms with Crippen molar-refractivity contribution < 1.29 is 8.78 Å². The molecule has 0 unspecified atom stereocenters. The summed E-state index contributed by atoms with van der Waals surface area (Å²) in [5.41, 5.74) is 1.79. The van der Waals surface area contributed by atoms with E-state index in [9.17, 15) is 8.78 Å². The fraction of sp³-hybridized carbons (Fsp3) is 0.318. The van der Waals surface area contributed by atoms with Gasteiger partial charge in [0.2, 0.25) is 0 Å². The Morgan fingerprint density at radius 2 is 1.44 bits per heavy atom. The SMILES string of the molecule is CC1CCC(c2ccc(C#Cc3cc(F)c(C#N)c(F)c3)cc2)CC1. The van der Waals surface area contributed by atoms with Crippen LogP contribution >= 0.6 is 0 Å². The van der Waals surface area contributed by atoms with Crippen LogP contribution in [0.2, 0.25) is 0 Å². The summed E-state index contributed by atoms with van der Waals surface area (Å²) in [6.45, 7) is 2.31. The Labute approximate surface area is 147 Å². The topological polar surface area (TPSA) is 23.8 Å². The van der Waals surface area contributed by atoms with E-state index in [1.54, 1.807) is 0 Å². The smallest absolute Gasteiger partial charge is 0.145 e. The maximum absolute atomic E-state index is 13.6.